The fraction of sp³-hybridized carbons (Fsp3) is 0.388. The predicted molar refractivity (Wildman–Crippen MR) is 266 cm³/mol. The molecule has 362 valence electrons. The number of nitrogens with zero attached hydrogens (tertiary/aromatic N) is 8. The van der Waals surface area contributed by atoms with Gasteiger partial charge in [-0.15, -0.1) is 0 Å². The van der Waals surface area contributed by atoms with Gasteiger partial charge in [-0.2, -0.15) is 0 Å². The van der Waals surface area contributed by atoms with Crippen LogP contribution in [0.15, 0.2) is 95.7 Å². The number of aromatic amines is 1. The van der Waals surface area contributed by atoms with E-state index >= 15 is 0 Å². The Hall–Kier alpha value is -6.38. The molecule has 9 rings (SSSR count). The van der Waals surface area contributed by atoms with Gasteiger partial charge in [-0.3, -0.25) is 34.4 Å². The summed E-state index contributed by atoms with van der Waals surface area (Å²) in [7, 11) is -1.03. The smallest absolute Gasteiger partial charge is 0.293 e. The third-order valence-electron chi connectivity index (χ3n) is 13.2. The number of nitro benzene ring substituents is 1. The van der Waals surface area contributed by atoms with Gasteiger partial charge in [-0.25, -0.2) is 23.1 Å². The lowest BCUT2D eigenvalue weighted by Gasteiger charge is -2.39. The summed E-state index contributed by atoms with van der Waals surface area (Å²) in [6, 6.07) is 20.6. The molecular weight excluding hydrogens is 922 g/mol. The highest BCUT2D eigenvalue weighted by Crippen LogP contribution is 2.43. The summed E-state index contributed by atoms with van der Waals surface area (Å²) in [6.07, 6.45) is 6.08. The number of halogens is 1. The van der Waals surface area contributed by atoms with Crippen LogP contribution >= 0.6 is 11.6 Å². The van der Waals surface area contributed by atoms with Gasteiger partial charge in [0.25, 0.3) is 21.6 Å². The molecule has 3 aliphatic rings. The Kier molecular flexibility index (Phi) is 13.5. The quantitative estimate of drug-likeness (QED) is 0.0782. The van der Waals surface area contributed by atoms with Gasteiger partial charge < -0.3 is 24.8 Å². The van der Waals surface area contributed by atoms with Gasteiger partial charge in [0.05, 0.1) is 45.8 Å². The number of aromatic nitrogens is 4. The maximum Gasteiger partial charge on any atom is 0.293 e. The first-order valence-corrected chi connectivity index (χ1v) is 24.9. The molecule has 0 saturated carbocycles. The van der Waals surface area contributed by atoms with Crippen molar-refractivity contribution in [3.63, 3.8) is 0 Å². The lowest BCUT2D eigenvalue weighted by molar-refractivity contribution is -0.384. The number of carbonyl (C=O) groups excluding carboxylic acids is 2. The number of benzene rings is 3. The predicted octanol–water partition coefficient (Wildman–Crippen LogP) is 6.57. The Morgan fingerprint density at radius 1 is 1.01 bits per heavy atom. The number of H-pyrrole nitrogens is 1. The van der Waals surface area contributed by atoms with Gasteiger partial charge in [-0.1, -0.05) is 43.2 Å². The zero-order valence-corrected chi connectivity index (χ0v) is 40.6. The van der Waals surface area contributed by atoms with Crippen LogP contribution in [0.2, 0.25) is 5.02 Å². The van der Waals surface area contributed by atoms with E-state index in [1.807, 2.05) is 36.4 Å². The number of allylic oxidation sites excluding steroid dienone is 1. The molecule has 0 unspecified atom stereocenters. The number of nitro groups is 1. The van der Waals surface area contributed by atoms with Crippen molar-refractivity contribution < 1.29 is 27.7 Å². The number of pyridine rings is 1. The molecule has 0 spiro atoms. The molecule has 0 radical (unpaired) electrons. The summed E-state index contributed by atoms with van der Waals surface area (Å²) in [6.45, 7) is 10.0. The maximum atomic E-state index is 14.3. The van der Waals surface area contributed by atoms with E-state index in [2.05, 4.69) is 60.9 Å². The van der Waals surface area contributed by atoms with Crippen molar-refractivity contribution >= 4 is 78.1 Å². The molecule has 20 heteroatoms. The molecule has 3 aromatic carbocycles. The number of amides is 2. The van der Waals surface area contributed by atoms with Crippen molar-refractivity contribution in [2.75, 3.05) is 89.8 Å². The first-order valence-electron chi connectivity index (χ1n) is 23.0. The van der Waals surface area contributed by atoms with Crippen LogP contribution in [0.4, 0.5) is 17.1 Å². The Morgan fingerprint density at radius 2 is 1.80 bits per heavy atom. The Bertz CT molecular complexity index is 3070. The SMILES string of the molecule is CN(C)CC(=O)N1CCO[C@H](CNc2ccc(S(=O)(=O)NC(=O)c3ccc(N4CCN(CC5=C(c6ccc(Cl)cc6)CC(C)(C)CC5)CC4)cc3-n3[nH]cc4nc5nccc5cc43)cc2[N+](=O)[O-])C1. The largest absolute Gasteiger partial charge is 0.377 e. The van der Waals surface area contributed by atoms with E-state index in [1.54, 1.807) is 47.0 Å². The van der Waals surface area contributed by atoms with E-state index in [1.165, 1.54) is 28.8 Å². The Labute approximate surface area is 405 Å². The molecule has 6 aromatic rings. The second kappa shape index (κ2) is 19.6. The van der Waals surface area contributed by atoms with Crippen molar-refractivity contribution in [3.8, 4) is 5.69 Å². The summed E-state index contributed by atoms with van der Waals surface area (Å²) in [4.78, 5) is 55.3. The van der Waals surface area contributed by atoms with E-state index in [9.17, 15) is 28.1 Å². The van der Waals surface area contributed by atoms with Crippen LogP contribution < -0.4 is 14.9 Å². The van der Waals surface area contributed by atoms with Crippen LogP contribution in [0.25, 0.3) is 33.3 Å². The number of nitrogens with one attached hydrogen (secondary N) is 3. The summed E-state index contributed by atoms with van der Waals surface area (Å²) in [5.74, 6) is -0.993. The summed E-state index contributed by atoms with van der Waals surface area (Å²) < 4.78 is 37.6. The molecule has 69 heavy (non-hydrogen) atoms. The van der Waals surface area contributed by atoms with Gasteiger partial charge >= 0.3 is 0 Å². The molecular formula is C49H56ClN11O7S. The summed E-state index contributed by atoms with van der Waals surface area (Å²) in [5, 5.41) is 20.0. The molecule has 3 N–H and O–H groups in total. The summed E-state index contributed by atoms with van der Waals surface area (Å²) >= 11 is 6.26. The molecule has 3 aromatic heterocycles. The van der Waals surface area contributed by atoms with Crippen molar-refractivity contribution in [1.29, 1.82) is 0 Å². The molecule has 18 nitrogen and oxygen atoms in total. The fourth-order valence-electron chi connectivity index (χ4n) is 9.49. The van der Waals surface area contributed by atoms with Crippen molar-refractivity contribution in [2.45, 2.75) is 44.1 Å². The topological polar surface area (TPSA) is 204 Å². The van der Waals surface area contributed by atoms with Gasteiger partial charge in [0.1, 0.15) is 11.2 Å². The van der Waals surface area contributed by atoms with Crippen LogP contribution in [-0.4, -0.2) is 145 Å². The van der Waals surface area contributed by atoms with Crippen LogP contribution in [-0.2, 0) is 19.6 Å². The maximum absolute atomic E-state index is 14.3. The number of sulfonamides is 1. The average molecular weight is 979 g/mol. The fourth-order valence-corrected chi connectivity index (χ4v) is 10.6. The molecule has 2 saturated heterocycles. The number of likely N-dealkylation sites (N-methyl/N-ethyl adjacent to an activating group) is 1. The molecule has 2 amide bonds. The number of rotatable bonds is 14. The second-order valence-corrected chi connectivity index (χ2v) is 21.2. The van der Waals surface area contributed by atoms with Crippen molar-refractivity contribution in [2.24, 2.45) is 5.41 Å². The molecule has 1 aliphatic carbocycles. The highest BCUT2D eigenvalue weighted by atomic mass is 35.5. The highest BCUT2D eigenvalue weighted by Gasteiger charge is 2.31. The summed E-state index contributed by atoms with van der Waals surface area (Å²) in [5.41, 5.74) is 6.89. The van der Waals surface area contributed by atoms with E-state index in [-0.39, 0.29) is 42.2 Å². The molecule has 5 heterocycles. The standard InChI is InChI=1S/C49H56ClN11O7S/c1-49(2)15-13-34(40(26-49)32-5-7-35(50)8-6-32)29-57-17-19-58(20-18-57)36-9-11-39(43(24-36)60-44-23-33-14-16-51-47(33)54-42(44)28-53-60)48(63)55-69(66,67)38-10-12-41(45(25-38)61(64)65)52-27-37-30-59(21-22-68-37)46(62)31-56(3)4/h5-12,14,16,23-25,28,37,52-53H,13,15,17-22,26-27,29-31H2,1-4H3,(H,55,63)/t37-/m1/s1. The first-order chi connectivity index (χ1) is 33.0. The van der Waals surface area contributed by atoms with Crippen LogP contribution in [0.1, 0.15) is 49.0 Å². The number of piperazine rings is 1. The molecule has 1 atom stereocenters. The van der Waals surface area contributed by atoms with Gasteiger partial charge in [0, 0.05) is 86.9 Å². The monoisotopic (exact) mass is 977 g/mol. The minimum absolute atomic E-state index is 0.0377. The highest BCUT2D eigenvalue weighted by molar-refractivity contribution is 7.90. The zero-order chi connectivity index (χ0) is 48.6. The van der Waals surface area contributed by atoms with Gasteiger partial charge in [0.15, 0.2) is 5.65 Å². The Morgan fingerprint density at radius 3 is 2.55 bits per heavy atom. The lowest BCUT2D eigenvalue weighted by Crippen LogP contribution is -2.50. The number of hydrogen-bond donors (Lipinski definition) is 3. The Balaban J connectivity index is 0.946. The normalized spacial score (nSPS) is 18.0. The van der Waals surface area contributed by atoms with Crippen LogP contribution in [0, 0.1) is 15.5 Å². The van der Waals surface area contributed by atoms with Crippen LogP contribution in [0.3, 0.4) is 0 Å². The van der Waals surface area contributed by atoms with Gasteiger partial charge in [0.2, 0.25) is 5.91 Å². The number of ether oxygens (including phenoxy) is 1. The van der Waals surface area contributed by atoms with E-state index in [4.69, 9.17) is 16.3 Å². The second-order valence-electron chi connectivity index (χ2n) is 19.1. The first kappa shape index (κ1) is 47.7. The molecule has 0 bridgehead atoms. The van der Waals surface area contributed by atoms with Gasteiger partial charge in [-0.05, 0) is 105 Å². The average Bonchev–Trinajstić information content (AvgIpc) is 3.97. The number of fused-ring (bicyclic) bond motifs is 2. The minimum atomic E-state index is -4.64. The number of hydrogen-bond acceptors (Lipinski definition) is 13. The van der Waals surface area contributed by atoms with Crippen molar-refractivity contribution in [1.82, 2.24) is 39.2 Å². The zero-order valence-electron chi connectivity index (χ0n) is 39.1. The molecule has 2 fully saturated rings. The third kappa shape index (κ3) is 10.6. The van der Waals surface area contributed by atoms with E-state index in [0.717, 1.165) is 74.1 Å². The van der Waals surface area contributed by atoms with E-state index in [0.29, 0.717) is 35.5 Å². The van der Waals surface area contributed by atoms with Crippen molar-refractivity contribution in [3.05, 3.63) is 117 Å². The third-order valence-corrected chi connectivity index (χ3v) is 14.8. The minimum Gasteiger partial charge on any atom is -0.377 e. The number of anilines is 2. The molecule has 2 aliphatic heterocycles. The van der Waals surface area contributed by atoms with E-state index < -0.39 is 37.5 Å². The lowest BCUT2D eigenvalue weighted by atomic mass is 9.72. The number of morpholine rings is 1. The van der Waals surface area contributed by atoms with Crippen LogP contribution in [0.5, 0.6) is 0 Å². The number of carbonyl (C=O) groups is 2.